The van der Waals surface area contributed by atoms with Gasteiger partial charge in [0.25, 0.3) is 5.91 Å². The number of halogens is 1. The van der Waals surface area contributed by atoms with Crippen molar-refractivity contribution in [2.24, 2.45) is 5.92 Å². The average molecular weight is 304 g/mol. The molecule has 0 saturated heterocycles. The van der Waals surface area contributed by atoms with E-state index in [1.807, 2.05) is 20.1 Å². The number of aromatic nitrogens is 2. The number of hydrogen-bond donors (Lipinski definition) is 2. The summed E-state index contributed by atoms with van der Waals surface area (Å²) in [5, 5.41) is 12.6. The normalized spacial score (nSPS) is 12.5. The van der Waals surface area contributed by atoms with Crippen molar-refractivity contribution in [3.63, 3.8) is 0 Å². The predicted molar refractivity (Wildman–Crippen MR) is 76.6 cm³/mol. The van der Waals surface area contributed by atoms with Gasteiger partial charge in [-0.05, 0) is 18.6 Å². The Morgan fingerprint density at radius 3 is 2.79 bits per heavy atom. The van der Waals surface area contributed by atoms with Crippen molar-refractivity contribution in [2.45, 2.75) is 31.5 Å². The first-order valence-electron chi connectivity index (χ1n) is 5.97. The second-order valence-electron chi connectivity index (χ2n) is 4.39. The second-order valence-corrected chi connectivity index (χ2v) is 5.57. The summed E-state index contributed by atoms with van der Waals surface area (Å²) in [5.41, 5.74) is 0.171. The van der Waals surface area contributed by atoms with Crippen LogP contribution in [0.4, 0.5) is 0 Å². The van der Waals surface area contributed by atoms with Gasteiger partial charge in [0.1, 0.15) is 0 Å². The molecule has 0 aliphatic heterocycles. The first-order valence-corrected chi connectivity index (χ1v) is 7.58. The van der Waals surface area contributed by atoms with Crippen LogP contribution in [0.15, 0.2) is 11.4 Å². The third kappa shape index (κ3) is 4.63. The molecule has 1 rings (SSSR count). The first kappa shape index (κ1) is 16.2. The molecule has 106 valence electrons. The maximum Gasteiger partial charge on any atom is 0.271 e. The maximum absolute atomic E-state index is 12.1. The minimum Gasteiger partial charge on any atom is -0.396 e. The molecule has 0 aliphatic rings. The number of carbonyl (C=O) groups is 1. The van der Waals surface area contributed by atoms with Gasteiger partial charge < -0.3 is 10.4 Å². The zero-order valence-corrected chi connectivity index (χ0v) is 12.8. The molecular weight excluding hydrogens is 286 g/mol. The van der Waals surface area contributed by atoms with Crippen LogP contribution in [-0.4, -0.2) is 39.9 Å². The van der Waals surface area contributed by atoms with Crippen molar-refractivity contribution in [3.05, 3.63) is 16.9 Å². The van der Waals surface area contributed by atoms with E-state index in [2.05, 4.69) is 15.3 Å². The Labute approximate surface area is 122 Å². The monoisotopic (exact) mass is 303 g/mol. The Morgan fingerprint density at radius 2 is 2.26 bits per heavy atom. The molecule has 2 N–H and O–H groups in total. The van der Waals surface area contributed by atoms with Gasteiger partial charge in [0, 0.05) is 12.6 Å². The lowest BCUT2D eigenvalue weighted by molar-refractivity contribution is 0.0910. The van der Waals surface area contributed by atoms with Gasteiger partial charge in [-0.15, -0.1) is 0 Å². The minimum absolute atomic E-state index is 0.0245. The molecule has 1 aromatic rings. The Balaban J connectivity index is 2.87. The molecule has 0 saturated carbocycles. The molecule has 19 heavy (non-hydrogen) atoms. The van der Waals surface area contributed by atoms with E-state index in [4.69, 9.17) is 16.7 Å². The van der Waals surface area contributed by atoms with Gasteiger partial charge in [-0.1, -0.05) is 37.2 Å². The lowest BCUT2D eigenvalue weighted by Gasteiger charge is -2.21. The van der Waals surface area contributed by atoms with Gasteiger partial charge in [0.05, 0.1) is 11.2 Å². The van der Waals surface area contributed by atoms with Crippen LogP contribution in [0.5, 0.6) is 0 Å². The molecular formula is C12H18ClN3O2S. The van der Waals surface area contributed by atoms with Crippen molar-refractivity contribution in [2.75, 3.05) is 12.9 Å². The summed E-state index contributed by atoms with van der Waals surface area (Å²) in [6.45, 7) is 3.99. The number of thioether (sulfide) groups is 1. The van der Waals surface area contributed by atoms with E-state index >= 15 is 0 Å². The van der Waals surface area contributed by atoms with Crippen molar-refractivity contribution in [3.8, 4) is 0 Å². The number of amides is 1. The zero-order valence-electron chi connectivity index (χ0n) is 11.2. The highest BCUT2D eigenvalue weighted by Gasteiger charge is 2.20. The molecule has 0 radical (unpaired) electrons. The highest BCUT2D eigenvalue weighted by Crippen LogP contribution is 2.17. The number of hydrogen-bond acceptors (Lipinski definition) is 5. The van der Waals surface area contributed by atoms with Crippen molar-refractivity contribution in [1.29, 1.82) is 0 Å². The third-order valence-electron chi connectivity index (χ3n) is 2.68. The van der Waals surface area contributed by atoms with E-state index in [0.29, 0.717) is 11.6 Å². The first-order chi connectivity index (χ1) is 8.99. The summed E-state index contributed by atoms with van der Waals surface area (Å²) >= 11 is 7.29. The molecule has 0 spiro atoms. The van der Waals surface area contributed by atoms with E-state index < -0.39 is 0 Å². The number of aliphatic hydroxyl groups excluding tert-OH is 1. The average Bonchev–Trinajstić information content (AvgIpc) is 2.38. The van der Waals surface area contributed by atoms with Crippen LogP contribution in [0.2, 0.25) is 5.02 Å². The number of aliphatic hydroxyl groups is 1. The van der Waals surface area contributed by atoms with Crippen molar-refractivity contribution in [1.82, 2.24) is 15.3 Å². The van der Waals surface area contributed by atoms with Gasteiger partial charge in [0.2, 0.25) is 0 Å². The lowest BCUT2D eigenvalue weighted by Crippen LogP contribution is -2.39. The molecule has 1 heterocycles. The topological polar surface area (TPSA) is 75.1 Å². The van der Waals surface area contributed by atoms with E-state index in [9.17, 15) is 4.79 Å². The summed E-state index contributed by atoms with van der Waals surface area (Å²) in [6.07, 6.45) is 3.75. The summed E-state index contributed by atoms with van der Waals surface area (Å²) in [5.74, 6) is -0.119. The lowest BCUT2D eigenvalue weighted by atomic mass is 10.0. The number of nitrogens with zero attached hydrogens (tertiary/aromatic N) is 2. The fourth-order valence-electron chi connectivity index (χ4n) is 1.56. The molecule has 0 bridgehead atoms. The quantitative estimate of drug-likeness (QED) is 0.621. The molecule has 1 unspecified atom stereocenters. The fourth-order valence-corrected chi connectivity index (χ4v) is 2.07. The predicted octanol–water partition coefficient (Wildman–Crippen LogP) is 1.99. The maximum atomic E-state index is 12.1. The highest BCUT2D eigenvalue weighted by molar-refractivity contribution is 7.98. The SMILES string of the molecule is CSc1ncc(Cl)c(C(=O)NC(CCO)C(C)C)n1. The van der Waals surface area contributed by atoms with Crippen LogP contribution in [0, 0.1) is 5.92 Å². The smallest absolute Gasteiger partial charge is 0.271 e. The molecule has 1 aromatic heterocycles. The standard InChI is InChI=1S/C12H18ClN3O2S/c1-7(2)9(4-5-17)15-11(18)10-8(13)6-14-12(16-10)19-3/h6-7,9,17H,4-5H2,1-3H3,(H,15,18). The Morgan fingerprint density at radius 1 is 1.58 bits per heavy atom. The zero-order chi connectivity index (χ0) is 14.4. The molecule has 0 aromatic carbocycles. The van der Waals surface area contributed by atoms with Gasteiger partial charge in [-0.2, -0.15) is 0 Å². The number of nitrogens with one attached hydrogen (secondary N) is 1. The molecule has 0 fully saturated rings. The molecule has 1 amide bonds. The van der Waals surface area contributed by atoms with E-state index in [1.54, 1.807) is 0 Å². The third-order valence-corrected chi connectivity index (χ3v) is 3.52. The summed E-state index contributed by atoms with van der Waals surface area (Å²) in [4.78, 5) is 20.2. The van der Waals surface area contributed by atoms with Crippen LogP contribution in [0.1, 0.15) is 30.8 Å². The summed E-state index contributed by atoms with van der Waals surface area (Å²) in [7, 11) is 0. The van der Waals surface area contributed by atoms with Crippen LogP contribution < -0.4 is 5.32 Å². The van der Waals surface area contributed by atoms with E-state index in [1.165, 1.54) is 18.0 Å². The Bertz CT molecular complexity index is 443. The van der Waals surface area contributed by atoms with Crippen molar-refractivity contribution >= 4 is 29.3 Å². The van der Waals surface area contributed by atoms with Crippen LogP contribution in [0.25, 0.3) is 0 Å². The van der Waals surface area contributed by atoms with E-state index in [-0.39, 0.29) is 35.2 Å². The van der Waals surface area contributed by atoms with Gasteiger partial charge in [0.15, 0.2) is 10.9 Å². The Kier molecular flexibility index (Phi) is 6.54. The molecule has 5 nitrogen and oxygen atoms in total. The van der Waals surface area contributed by atoms with Crippen molar-refractivity contribution < 1.29 is 9.90 Å². The minimum atomic E-state index is -0.338. The number of rotatable bonds is 6. The Hall–Kier alpha value is -0.850. The highest BCUT2D eigenvalue weighted by atomic mass is 35.5. The van der Waals surface area contributed by atoms with E-state index in [0.717, 1.165) is 0 Å². The summed E-state index contributed by atoms with van der Waals surface area (Å²) < 4.78 is 0. The van der Waals surface area contributed by atoms with Crippen LogP contribution in [0.3, 0.4) is 0 Å². The van der Waals surface area contributed by atoms with Crippen LogP contribution in [-0.2, 0) is 0 Å². The van der Waals surface area contributed by atoms with Gasteiger partial charge in [-0.3, -0.25) is 4.79 Å². The molecule has 0 aliphatic carbocycles. The summed E-state index contributed by atoms with van der Waals surface area (Å²) in [6, 6.07) is -0.110. The van der Waals surface area contributed by atoms with Gasteiger partial charge in [-0.25, -0.2) is 9.97 Å². The number of carbonyl (C=O) groups excluding carboxylic acids is 1. The fraction of sp³-hybridized carbons (Fsp3) is 0.583. The van der Waals surface area contributed by atoms with Gasteiger partial charge >= 0.3 is 0 Å². The largest absolute Gasteiger partial charge is 0.396 e. The second kappa shape index (κ2) is 7.67. The molecule has 7 heteroatoms. The molecule has 1 atom stereocenters. The van der Waals surface area contributed by atoms with Crippen LogP contribution >= 0.6 is 23.4 Å².